The highest BCUT2D eigenvalue weighted by atomic mass is 35.5. The van der Waals surface area contributed by atoms with Gasteiger partial charge in [-0.05, 0) is 37.0 Å². The molecule has 1 aromatic rings. The normalized spacial score (nSPS) is 16.1. The summed E-state index contributed by atoms with van der Waals surface area (Å²) in [5.41, 5.74) is 1.14. The summed E-state index contributed by atoms with van der Waals surface area (Å²) in [7, 11) is 0. The van der Waals surface area contributed by atoms with E-state index in [9.17, 15) is 0 Å². The Balaban J connectivity index is 1.97. The average molecular weight is 265 g/mol. The highest BCUT2D eigenvalue weighted by molar-refractivity contribution is 6.32. The molecule has 1 aromatic carbocycles. The van der Waals surface area contributed by atoms with Crippen LogP contribution in [0.15, 0.2) is 18.2 Å². The number of rotatable bonds is 6. The fraction of sp³-hybridized carbons (Fsp3) is 0.500. The van der Waals surface area contributed by atoms with Crippen LogP contribution in [0.25, 0.3) is 0 Å². The topological polar surface area (TPSA) is 45.0 Å². The van der Waals surface area contributed by atoms with Gasteiger partial charge in [0.1, 0.15) is 11.8 Å². The number of nitrogens with one attached hydrogen (secondary N) is 1. The third-order valence-electron chi connectivity index (χ3n) is 2.95. The Kier molecular flexibility index (Phi) is 4.46. The molecule has 0 amide bonds. The van der Waals surface area contributed by atoms with Crippen LogP contribution in [0, 0.1) is 11.3 Å². The smallest absolute Gasteiger partial charge is 0.184 e. The Morgan fingerprint density at radius 1 is 1.56 bits per heavy atom. The number of nitriles is 1. The van der Waals surface area contributed by atoms with E-state index < -0.39 is 6.10 Å². The third kappa shape index (κ3) is 3.63. The largest absolute Gasteiger partial charge is 0.474 e. The third-order valence-corrected chi connectivity index (χ3v) is 3.25. The minimum atomic E-state index is -0.432. The maximum atomic E-state index is 8.86. The second kappa shape index (κ2) is 6.08. The fourth-order valence-electron chi connectivity index (χ4n) is 1.65. The number of halogens is 1. The highest BCUT2D eigenvalue weighted by Crippen LogP contribution is 2.27. The molecule has 1 unspecified atom stereocenters. The van der Waals surface area contributed by atoms with E-state index in [1.165, 1.54) is 12.8 Å². The summed E-state index contributed by atoms with van der Waals surface area (Å²) in [5, 5.41) is 12.9. The summed E-state index contributed by atoms with van der Waals surface area (Å²) in [6.45, 7) is 2.75. The second-order valence-electron chi connectivity index (χ2n) is 4.56. The van der Waals surface area contributed by atoms with Crippen LogP contribution in [0.1, 0.15) is 31.7 Å². The van der Waals surface area contributed by atoms with Gasteiger partial charge in [-0.15, -0.1) is 0 Å². The van der Waals surface area contributed by atoms with Crippen LogP contribution in [0.4, 0.5) is 0 Å². The van der Waals surface area contributed by atoms with E-state index >= 15 is 0 Å². The molecule has 0 radical (unpaired) electrons. The number of benzene rings is 1. The zero-order valence-electron chi connectivity index (χ0n) is 10.4. The van der Waals surface area contributed by atoms with Crippen LogP contribution in [0.2, 0.25) is 5.02 Å². The Labute approximate surface area is 113 Å². The van der Waals surface area contributed by atoms with E-state index in [2.05, 4.69) is 11.4 Å². The summed E-state index contributed by atoms with van der Waals surface area (Å²) in [5.74, 6) is 0.584. The molecule has 2 rings (SSSR count). The van der Waals surface area contributed by atoms with Gasteiger partial charge in [0.2, 0.25) is 0 Å². The summed E-state index contributed by atoms with van der Waals surface area (Å²) in [6.07, 6.45) is 2.76. The first-order valence-electron chi connectivity index (χ1n) is 6.31. The molecule has 0 saturated heterocycles. The van der Waals surface area contributed by atoms with Gasteiger partial charge in [0.25, 0.3) is 0 Å². The standard InChI is InChI=1S/C14H17ClN2O/c1-2-12(8-16)18-14-6-3-10(7-13(14)15)9-17-11-4-5-11/h3,6-7,11-12,17H,2,4-5,9H2,1H3. The predicted octanol–water partition coefficient (Wildman–Crippen LogP) is 3.27. The fourth-order valence-corrected chi connectivity index (χ4v) is 1.90. The monoisotopic (exact) mass is 264 g/mol. The Morgan fingerprint density at radius 2 is 2.33 bits per heavy atom. The van der Waals surface area contributed by atoms with Crippen molar-refractivity contribution in [3.8, 4) is 11.8 Å². The van der Waals surface area contributed by atoms with Crippen LogP contribution in [-0.2, 0) is 6.54 Å². The summed E-state index contributed by atoms with van der Waals surface area (Å²) < 4.78 is 5.52. The van der Waals surface area contributed by atoms with Crippen molar-refractivity contribution in [3.05, 3.63) is 28.8 Å². The molecule has 1 fully saturated rings. The maximum absolute atomic E-state index is 8.86. The average Bonchev–Trinajstić information content (AvgIpc) is 3.19. The van der Waals surface area contributed by atoms with E-state index in [4.69, 9.17) is 21.6 Å². The zero-order chi connectivity index (χ0) is 13.0. The van der Waals surface area contributed by atoms with Crippen molar-refractivity contribution in [2.45, 2.75) is 44.9 Å². The Hall–Kier alpha value is -1.24. The first-order chi connectivity index (χ1) is 8.72. The Bertz CT molecular complexity index is 452. The summed E-state index contributed by atoms with van der Waals surface area (Å²) in [6, 6.07) is 8.51. The van der Waals surface area contributed by atoms with Gasteiger partial charge in [0.15, 0.2) is 6.10 Å². The molecule has 0 aliphatic heterocycles. The van der Waals surface area contributed by atoms with Gasteiger partial charge >= 0.3 is 0 Å². The second-order valence-corrected chi connectivity index (χ2v) is 4.97. The van der Waals surface area contributed by atoms with Crippen LogP contribution >= 0.6 is 11.6 Å². The van der Waals surface area contributed by atoms with Crippen molar-refractivity contribution < 1.29 is 4.74 Å². The lowest BCUT2D eigenvalue weighted by Crippen LogP contribution is -2.15. The van der Waals surface area contributed by atoms with Crippen LogP contribution in [-0.4, -0.2) is 12.1 Å². The van der Waals surface area contributed by atoms with Crippen molar-refractivity contribution in [3.63, 3.8) is 0 Å². The predicted molar refractivity (Wildman–Crippen MR) is 71.6 cm³/mol. The molecule has 0 bridgehead atoms. The van der Waals surface area contributed by atoms with Crippen molar-refractivity contribution in [2.24, 2.45) is 0 Å². The first-order valence-corrected chi connectivity index (χ1v) is 6.68. The lowest BCUT2D eigenvalue weighted by atomic mass is 10.2. The molecule has 1 aliphatic carbocycles. The summed E-state index contributed by atoms with van der Waals surface area (Å²) >= 11 is 6.16. The van der Waals surface area contributed by atoms with Crippen LogP contribution in [0.5, 0.6) is 5.75 Å². The molecule has 3 nitrogen and oxygen atoms in total. The van der Waals surface area contributed by atoms with E-state index in [1.807, 2.05) is 25.1 Å². The molecule has 4 heteroatoms. The quantitative estimate of drug-likeness (QED) is 0.858. The number of nitrogens with zero attached hydrogens (tertiary/aromatic N) is 1. The van der Waals surface area contributed by atoms with Crippen molar-refractivity contribution in [1.82, 2.24) is 5.32 Å². The number of hydrogen-bond donors (Lipinski definition) is 1. The van der Waals surface area contributed by atoms with Gasteiger partial charge in [-0.3, -0.25) is 0 Å². The minimum Gasteiger partial charge on any atom is -0.474 e. The molecule has 1 N–H and O–H groups in total. The molecule has 18 heavy (non-hydrogen) atoms. The van der Waals surface area contributed by atoms with Gasteiger partial charge in [0.05, 0.1) is 5.02 Å². The highest BCUT2D eigenvalue weighted by Gasteiger charge is 2.20. The number of hydrogen-bond acceptors (Lipinski definition) is 3. The Morgan fingerprint density at radius 3 is 2.89 bits per heavy atom. The maximum Gasteiger partial charge on any atom is 0.184 e. The first kappa shape index (κ1) is 13.2. The van der Waals surface area contributed by atoms with E-state index in [1.54, 1.807) is 0 Å². The van der Waals surface area contributed by atoms with Crippen molar-refractivity contribution in [2.75, 3.05) is 0 Å². The van der Waals surface area contributed by atoms with Crippen molar-refractivity contribution in [1.29, 1.82) is 5.26 Å². The molecule has 1 aliphatic rings. The molecule has 96 valence electrons. The van der Waals surface area contributed by atoms with Gasteiger partial charge in [0, 0.05) is 12.6 Å². The van der Waals surface area contributed by atoms with Crippen LogP contribution < -0.4 is 10.1 Å². The van der Waals surface area contributed by atoms with Gasteiger partial charge in [-0.25, -0.2) is 0 Å². The number of ether oxygens (including phenoxy) is 1. The molecule has 0 aromatic heterocycles. The minimum absolute atomic E-state index is 0.432. The molecule has 1 saturated carbocycles. The lowest BCUT2D eigenvalue weighted by molar-refractivity contribution is 0.252. The SMILES string of the molecule is CCC(C#N)Oc1ccc(CNC2CC2)cc1Cl. The summed E-state index contributed by atoms with van der Waals surface area (Å²) in [4.78, 5) is 0. The van der Waals surface area contributed by atoms with Crippen molar-refractivity contribution >= 4 is 11.6 Å². The molecule has 1 atom stereocenters. The zero-order valence-corrected chi connectivity index (χ0v) is 11.2. The molecule has 0 heterocycles. The van der Waals surface area contributed by atoms with Gasteiger partial charge < -0.3 is 10.1 Å². The van der Waals surface area contributed by atoms with Gasteiger partial charge in [-0.1, -0.05) is 24.6 Å². The van der Waals surface area contributed by atoms with E-state index in [0.717, 1.165) is 12.1 Å². The van der Waals surface area contributed by atoms with E-state index in [-0.39, 0.29) is 0 Å². The lowest BCUT2D eigenvalue weighted by Gasteiger charge is -2.12. The molecule has 0 spiro atoms. The van der Waals surface area contributed by atoms with Gasteiger partial charge in [-0.2, -0.15) is 5.26 Å². The van der Waals surface area contributed by atoms with E-state index in [0.29, 0.717) is 23.2 Å². The van der Waals surface area contributed by atoms with Crippen LogP contribution in [0.3, 0.4) is 0 Å². The molecular weight excluding hydrogens is 248 g/mol. The molecular formula is C14H17ClN2O.